The Kier molecular flexibility index (Phi) is 4.19. The SMILES string of the molecule is Cc1cccc(C(N)CCC2CCCO2)c1C. The largest absolute Gasteiger partial charge is 0.378 e. The van der Waals surface area contributed by atoms with Crippen molar-refractivity contribution in [3.63, 3.8) is 0 Å². The summed E-state index contributed by atoms with van der Waals surface area (Å²) >= 11 is 0. The Morgan fingerprint density at radius 2 is 2.24 bits per heavy atom. The van der Waals surface area contributed by atoms with E-state index in [-0.39, 0.29) is 6.04 Å². The van der Waals surface area contributed by atoms with Crippen molar-refractivity contribution in [2.45, 2.75) is 51.7 Å². The first-order valence-electron chi connectivity index (χ1n) is 6.62. The average Bonchev–Trinajstić information content (AvgIpc) is 2.82. The van der Waals surface area contributed by atoms with E-state index in [9.17, 15) is 0 Å². The van der Waals surface area contributed by atoms with Gasteiger partial charge in [-0.15, -0.1) is 0 Å². The van der Waals surface area contributed by atoms with E-state index < -0.39 is 0 Å². The smallest absolute Gasteiger partial charge is 0.0576 e. The summed E-state index contributed by atoms with van der Waals surface area (Å²) in [5.41, 5.74) is 10.3. The molecule has 0 aliphatic carbocycles. The molecule has 1 aliphatic heterocycles. The van der Waals surface area contributed by atoms with Crippen molar-refractivity contribution < 1.29 is 4.74 Å². The van der Waals surface area contributed by atoms with Crippen molar-refractivity contribution in [2.24, 2.45) is 5.73 Å². The van der Waals surface area contributed by atoms with Gasteiger partial charge in [0.2, 0.25) is 0 Å². The van der Waals surface area contributed by atoms with Crippen LogP contribution in [0.4, 0.5) is 0 Å². The van der Waals surface area contributed by atoms with E-state index >= 15 is 0 Å². The molecule has 2 unspecified atom stereocenters. The van der Waals surface area contributed by atoms with Gasteiger partial charge in [-0.25, -0.2) is 0 Å². The maximum absolute atomic E-state index is 6.29. The molecule has 2 rings (SSSR count). The van der Waals surface area contributed by atoms with E-state index in [1.54, 1.807) is 0 Å². The van der Waals surface area contributed by atoms with Gasteiger partial charge >= 0.3 is 0 Å². The van der Waals surface area contributed by atoms with Crippen LogP contribution in [-0.4, -0.2) is 12.7 Å². The fourth-order valence-electron chi connectivity index (χ4n) is 2.57. The van der Waals surface area contributed by atoms with Crippen LogP contribution in [0.15, 0.2) is 18.2 Å². The van der Waals surface area contributed by atoms with Crippen LogP contribution in [0.2, 0.25) is 0 Å². The molecule has 0 saturated carbocycles. The Hall–Kier alpha value is -0.860. The number of nitrogens with two attached hydrogens (primary N) is 1. The van der Waals surface area contributed by atoms with Gasteiger partial charge < -0.3 is 10.5 Å². The summed E-state index contributed by atoms with van der Waals surface area (Å²) in [5.74, 6) is 0. The zero-order valence-electron chi connectivity index (χ0n) is 10.9. The normalized spacial score (nSPS) is 21.7. The third kappa shape index (κ3) is 3.08. The molecule has 1 heterocycles. The van der Waals surface area contributed by atoms with Gasteiger partial charge in [-0.2, -0.15) is 0 Å². The molecule has 0 amide bonds. The Bertz CT molecular complexity index is 369. The van der Waals surface area contributed by atoms with E-state index in [0.717, 1.165) is 19.4 Å². The lowest BCUT2D eigenvalue weighted by Crippen LogP contribution is -2.15. The molecule has 2 nitrogen and oxygen atoms in total. The molecule has 0 radical (unpaired) electrons. The maximum atomic E-state index is 6.29. The summed E-state index contributed by atoms with van der Waals surface area (Å²) < 4.78 is 5.64. The highest BCUT2D eigenvalue weighted by Crippen LogP contribution is 2.25. The summed E-state index contributed by atoms with van der Waals surface area (Å²) in [4.78, 5) is 0. The molecule has 2 heteroatoms. The quantitative estimate of drug-likeness (QED) is 0.866. The molecular weight excluding hydrogens is 210 g/mol. The Morgan fingerprint density at radius 3 is 2.94 bits per heavy atom. The van der Waals surface area contributed by atoms with E-state index in [0.29, 0.717) is 6.10 Å². The molecule has 94 valence electrons. The number of ether oxygens (including phenoxy) is 1. The standard InChI is InChI=1S/C15H23NO/c1-11-5-3-7-14(12(11)2)15(16)9-8-13-6-4-10-17-13/h3,5,7,13,15H,4,6,8-10,16H2,1-2H3. The van der Waals surface area contributed by atoms with Crippen molar-refractivity contribution >= 4 is 0 Å². The van der Waals surface area contributed by atoms with Crippen LogP contribution in [0.5, 0.6) is 0 Å². The van der Waals surface area contributed by atoms with Gasteiger partial charge in [-0.3, -0.25) is 0 Å². The molecule has 0 aromatic heterocycles. The van der Waals surface area contributed by atoms with Gasteiger partial charge in [0.25, 0.3) is 0 Å². The minimum absolute atomic E-state index is 0.152. The lowest BCUT2D eigenvalue weighted by Gasteiger charge is -2.18. The lowest BCUT2D eigenvalue weighted by molar-refractivity contribution is 0.101. The zero-order valence-corrected chi connectivity index (χ0v) is 10.9. The Balaban J connectivity index is 1.94. The van der Waals surface area contributed by atoms with Crippen LogP contribution in [0.1, 0.15) is 48.4 Å². The highest BCUT2D eigenvalue weighted by atomic mass is 16.5. The number of aryl methyl sites for hydroxylation is 1. The minimum atomic E-state index is 0.152. The molecule has 2 N–H and O–H groups in total. The molecule has 17 heavy (non-hydrogen) atoms. The van der Waals surface area contributed by atoms with Crippen molar-refractivity contribution in [3.8, 4) is 0 Å². The number of rotatable bonds is 4. The fourth-order valence-corrected chi connectivity index (χ4v) is 2.57. The number of hydrogen-bond acceptors (Lipinski definition) is 2. The van der Waals surface area contributed by atoms with E-state index in [1.165, 1.54) is 29.5 Å². The number of benzene rings is 1. The summed E-state index contributed by atoms with van der Waals surface area (Å²) in [5, 5.41) is 0. The molecule has 1 fully saturated rings. The van der Waals surface area contributed by atoms with Crippen LogP contribution in [-0.2, 0) is 4.74 Å². The van der Waals surface area contributed by atoms with Crippen molar-refractivity contribution in [2.75, 3.05) is 6.61 Å². The first-order chi connectivity index (χ1) is 8.18. The van der Waals surface area contributed by atoms with Gasteiger partial charge in [0.1, 0.15) is 0 Å². The summed E-state index contributed by atoms with van der Waals surface area (Å²) in [7, 11) is 0. The fraction of sp³-hybridized carbons (Fsp3) is 0.600. The highest BCUT2D eigenvalue weighted by Gasteiger charge is 2.17. The topological polar surface area (TPSA) is 35.2 Å². The van der Waals surface area contributed by atoms with Gasteiger partial charge in [0.15, 0.2) is 0 Å². The molecule has 0 spiro atoms. The molecule has 1 aromatic carbocycles. The molecule has 2 atom stereocenters. The van der Waals surface area contributed by atoms with Crippen LogP contribution < -0.4 is 5.73 Å². The van der Waals surface area contributed by atoms with E-state index in [1.807, 2.05) is 0 Å². The highest BCUT2D eigenvalue weighted by molar-refractivity contribution is 5.35. The molecule has 1 aromatic rings. The maximum Gasteiger partial charge on any atom is 0.0576 e. The second-order valence-electron chi connectivity index (χ2n) is 5.11. The lowest BCUT2D eigenvalue weighted by atomic mass is 9.94. The van der Waals surface area contributed by atoms with Crippen LogP contribution >= 0.6 is 0 Å². The third-order valence-electron chi connectivity index (χ3n) is 3.87. The molecule has 1 saturated heterocycles. The molecule has 0 bridgehead atoms. The van der Waals surface area contributed by atoms with Crippen molar-refractivity contribution in [3.05, 3.63) is 34.9 Å². The van der Waals surface area contributed by atoms with Crippen LogP contribution in [0.25, 0.3) is 0 Å². The van der Waals surface area contributed by atoms with Crippen molar-refractivity contribution in [1.82, 2.24) is 0 Å². The molecular formula is C15H23NO. The monoisotopic (exact) mass is 233 g/mol. The van der Waals surface area contributed by atoms with Crippen LogP contribution in [0.3, 0.4) is 0 Å². The first kappa shape index (κ1) is 12.6. The average molecular weight is 233 g/mol. The summed E-state index contributed by atoms with van der Waals surface area (Å²) in [6, 6.07) is 6.55. The Labute approximate surface area is 104 Å². The van der Waals surface area contributed by atoms with Crippen molar-refractivity contribution in [1.29, 1.82) is 0 Å². The minimum Gasteiger partial charge on any atom is -0.378 e. The molecule has 1 aliphatic rings. The van der Waals surface area contributed by atoms with Gasteiger partial charge in [-0.1, -0.05) is 18.2 Å². The third-order valence-corrected chi connectivity index (χ3v) is 3.87. The van der Waals surface area contributed by atoms with Gasteiger partial charge in [0.05, 0.1) is 6.10 Å². The first-order valence-corrected chi connectivity index (χ1v) is 6.62. The van der Waals surface area contributed by atoms with E-state index in [2.05, 4.69) is 32.0 Å². The Morgan fingerprint density at radius 1 is 1.41 bits per heavy atom. The number of hydrogen-bond donors (Lipinski definition) is 1. The summed E-state index contributed by atoms with van der Waals surface area (Å²) in [6.45, 7) is 5.24. The summed E-state index contributed by atoms with van der Waals surface area (Å²) in [6.07, 6.45) is 4.98. The predicted octanol–water partition coefficient (Wildman–Crippen LogP) is 3.26. The van der Waals surface area contributed by atoms with Gasteiger partial charge in [-0.05, 0) is 56.2 Å². The predicted molar refractivity (Wildman–Crippen MR) is 71.1 cm³/mol. The van der Waals surface area contributed by atoms with Crippen LogP contribution in [0, 0.1) is 13.8 Å². The second-order valence-corrected chi connectivity index (χ2v) is 5.11. The zero-order chi connectivity index (χ0) is 12.3. The van der Waals surface area contributed by atoms with Gasteiger partial charge in [0, 0.05) is 12.6 Å². The van der Waals surface area contributed by atoms with E-state index in [4.69, 9.17) is 10.5 Å². The second kappa shape index (κ2) is 5.65.